The number of hydrogen-bond acceptors (Lipinski definition) is 4. The normalized spacial score (nSPS) is 26.9. The van der Waals surface area contributed by atoms with E-state index >= 15 is 0 Å². The zero-order valence-corrected chi connectivity index (χ0v) is 15.0. The first-order valence-electron chi connectivity index (χ1n) is 7.23. The van der Waals surface area contributed by atoms with Crippen molar-refractivity contribution < 1.29 is 13.2 Å². The minimum Gasteiger partial charge on any atom is -0.383 e. The maximum Gasteiger partial charge on any atom is 0.183 e. The number of sulfone groups is 1. The largest absolute Gasteiger partial charge is 0.383 e. The van der Waals surface area contributed by atoms with E-state index in [2.05, 4.69) is 15.9 Å². The van der Waals surface area contributed by atoms with Crippen LogP contribution < -0.4 is 5.73 Å². The van der Waals surface area contributed by atoms with E-state index in [1.54, 1.807) is 30.3 Å². The highest BCUT2D eigenvalue weighted by Crippen LogP contribution is 2.55. The van der Waals surface area contributed by atoms with E-state index in [0.29, 0.717) is 4.90 Å². The molecule has 4 nitrogen and oxygen atoms in total. The molecule has 0 aromatic heterocycles. The van der Waals surface area contributed by atoms with Crippen molar-refractivity contribution >= 4 is 25.8 Å². The predicted molar refractivity (Wildman–Crippen MR) is 93.1 cm³/mol. The van der Waals surface area contributed by atoms with Gasteiger partial charge in [-0.1, -0.05) is 46.3 Å². The molecule has 3 rings (SSSR count). The van der Waals surface area contributed by atoms with Gasteiger partial charge in [-0.25, -0.2) is 8.42 Å². The lowest BCUT2D eigenvalue weighted by Gasteiger charge is -2.11. The van der Waals surface area contributed by atoms with Crippen LogP contribution in [0.2, 0.25) is 0 Å². The molecule has 0 spiro atoms. The fraction of sp³-hybridized carbons (Fsp3) is 0.294. The Bertz CT molecular complexity index is 792. The van der Waals surface area contributed by atoms with Gasteiger partial charge in [0.25, 0.3) is 0 Å². The summed E-state index contributed by atoms with van der Waals surface area (Å²) in [6, 6.07) is 16.1. The Morgan fingerprint density at radius 2 is 1.74 bits per heavy atom. The van der Waals surface area contributed by atoms with Crippen LogP contribution in [0.1, 0.15) is 11.5 Å². The van der Waals surface area contributed by atoms with Crippen molar-refractivity contribution in [3.05, 3.63) is 64.6 Å². The monoisotopic (exact) mass is 395 g/mol. The van der Waals surface area contributed by atoms with Crippen molar-refractivity contribution in [3.8, 4) is 0 Å². The second-order valence-corrected chi connectivity index (χ2v) is 8.84. The molecular weight excluding hydrogens is 378 g/mol. The highest BCUT2D eigenvalue weighted by atomic mass is 79.9. The van der Waals surface area contributed by atoms with Crippen molar-refractivity contribution in [1.82, 2.24) is 0 Å². The molecule has 2 N–H and O–H groups in total. The summed E-state index contributed by atoms with van der Waals surface area (Å²) in [5.41, 5.74) is 6.43. The van der Waals surface area contributed by atoms with Gasteiger partial charge in [-0.15, -0.1) is 0 Å². The first-order valence-corrected chi connectivity index (χ1v) is 9.57. The molecule has 122 valence electrons. The van der Waals surface area contributed by atoms with Crippen molar-refractivity contribution in [1.29, 1.82) is 0 Å². The molecule has 1 fully saturated rings. The van der Waals surface area contributed by atoms with Gasteiger partial charge in [0, 0.05) is 17.5 Å². The average molecular weight is 396 g/mol. The van der Waals surface area contributed by atoms with Gasteiger partial charge in [0.2, 0.25) is 0 Å². The first-order chi connectivity index (χ1) is 10.9. The van der Waals surface area contributed by atoms with E-state index in [4.69, 9.17) is 10.5 Å². The lowest BCUT2D eigenvalue weighted by atomic mass is 10.1. The number of benzene rings is 2. The number of nitrogens with two attached hydrogens (primary N) is 1. The van der Waals surface area contributed by atoms with E-state index in [0.717, 1.165) is 10.0 Å². The van der Waals surface area contributed by atoms with Gasteiger partial charge in [0.1, 0.15) is 0 Å². The Kier molecular flexibility index (Phi) is 4.35. The van der Waals surface area contributed by atoms with Gasteiger partial charge in [-0.2, -0.15) is 0 Å². The van der Waals surface area contributed by atoms with Crippen LogP contribution in [0.25, 0.3) is 0 Å². The number of ether oxygens (including phenoxy) is 1. The van der Waals surface area contributed by atoms with Gasteiger partial charge < -0.3 is 10.5 Å². The molecule has 0 bridgehead atoms. The van der Waals surface area contributed by atoms with Gasteiger partial charge in [0.05, 0.1) is 22.3 Å². The van der Waals surface area contributed by atoms with Gasteiger partial charge in [0.15, 0.2) is 9.84 Å². The topological polar surface area (TPSA) is 69.4 Å². The molecule has 2 aromatic carbocycles. The van der Waals surface area contributed by atoms with Crippen LogP contribution >= 0.6 is 15.9 Å². The first kappa shape index (κ1) is 16.6. The molecule has 0 heterocycles. The fourth-order valence-electron chi connectivity index (χ4n) is 3.22. The SMILES string of the molecule is COC[C@]1(N)[C@H](c2ccc(Br)cc2)[C@H]1S(=O)(=O)c1ccccc1. The van der Waals surface area contributed by atoms with Crippen LogP contribution in [0, 0.1) is 0 Å². The maximum absolute atomic E-state index is 13.0. The van der Waals surface area contributed by atoms with Crippen molar-refractivity contribution in [2.24, 2.45) is 5.73 Å². The Hall–Kier alpha value is -1.21. The second kappa shape index (κ2) is 6.02. The molecule has 23 heavy (non-hydrogen) atoms. The van der Waals surface area contributed by atoms with Crippen LogP contribution in [0.15, 0.2) is 64.0 Å². The fourth-order valence-corrected chi connectivity index (χ4v) is 5.80. The van der Waals surface area contributed by atoms with Crippen LogP contribution in [0.4, 0.5) is 0 Å². The molecule has 6 heteroatoms. The Labute approximate surface area is 144 Å². The Morgan fingerprint density at radius 3 is 2.30 bits per heavy atom. The van der Waals surface area contributed by atoms with E-state index in [9.17, 15) is 8.42 Å². The summed E-state index contributed by atoms with van der Waals surface area (Å²) in [4.78, 5) is 0.301. The third kappa shape index (κ3) is 2.85. The molecule has 0 unspecified atom stereocenters. The quantitative estimate of drug-likeness (QED) is 0.844. The highest BCUT2D eigenvalue weighted by molar-refractivity contribution is 9.10. The molecule has 3 atom stereocenters. The molecule has 0 aliphatic heterocycles. The molecule has 0 saturated heterocycles. The summed E-state index contributed by atoms with van der Waals surface area (Å²) in [5.74, 6) is -0.277. The van der Waals surface area contributed by atoms with Crippen LogP contribution in [-0.4, -0.2) is 32.9 Å². The second-order valence-electron chi connectivity index (χ2n) is 5.85. The Balaban J connectivity index is 2.01. The summed E-state index contributed by atoms with van der Waals surface area (Å²) in [6.07, 6.45) is 0. The van der Waals surface area contributed by atoms with Gasteiger partial charge >= 0.3 is 0 Å². The summed E-state index contributed by atoms with van der Waals surface area (Å²) in [7, 11) is -1.98. The summed E-state index contributed by atoms with van der Waals surface area (Å²) in [5, 5.41) is -0.682. The zero-order valence-electron chi connectivity index (χ0n) is 12.6. The zero-order chi connectivity index (χ0) is 16.7. The van der Waals surface area contributed by atoms with Crippen LogP contribution in [0.3, 0.4) is 0 Å². The number of halogens is 1. The number of rotatable bonds is 5. The third-order valence-electron chi connectivity index (χ3n) is 4.33. The standard InChI is InChI=1S/C17H18BrNO3S/c1-22-11-17(19)15(12-7-9-13(18)10-8-12)16(17)23(20,21)14-5-3-2-4-6-14/h2-10,15-16H,11,19H2,1H3/t15-,16-,17+/m1/s1. The van der Waals surface area contributed by atoms with Gasteiger partial charge in [-0.3, -0.25) is 0 Å². The number of methoxy groups -OCH3 is 1. The molecule has 1 aliphatic carbocycles. The van der Waals surface area contributed by atoms with Crippen LogP contribution in [-0.2, 0) is 14.6 Å². The summed E-state index contributed by atoms with van der Waals surface area (Å²) < 4.78 is 32.1. The Morgan fingerprint density at radius 1 is 1.13 bits per heavy atom. The molecule has 1 saturated carbocycles. The smallest absolute Gasteiger partial charge is 0.183 e. The van der Waals surface area contributed by atoms with Crippen molar-refractivity contribution in [2.45, 2.75) is 21.6 Å². The minimum atomic E-state index is -3.52. The molecule has 0 radical (unpaired) electrons. The third-order valence-corrected chi connectivity index (χ3v) is 7.17. The molecule has 1 aliphatic rings. The van der Waals surface area contributed by atoms with E-state index in [1.807, 2.05) is 24.3 Å². The van der Waals surface area contributed by atoms with Crippen molar-refractivity contribution in [3.63, 3.8) is 0 Å². The summed E-state index contributed by atoms with van der Waals surface area (Å²) in [6.45, 7) is 0.199. The maximum atomic E-state index is 13.0. The minimum absolute atomic E-state index is 0.199. The van der Waals surface area contributed by atoms with E-state index in [1.165, 1.54) is 7.11 Å². The lowest BCUT2D eigenvalue weighted by molar-refractivity contribution is 0.171. The van der Waals surface area contributed by atoms with E-state index in [-0.39, 0.29) is 12.5 Å². The lowest BCUT2D eigenvalue weighted by Crippen LogP contribution is -2.35. The van der Waals surface area contributed by atoms with Crippen molar-refractivity contribution in [2.75, 3.05) is 13.7 Å². The van der Waals surface area contributed by atoms with E-state index < -0.39 is 20.6 Å². The summed E-state index contributed by atoms with van der Waals surface area (Å²) >= 11 is 3.39. The average Bonchev–Trinajstić information content (AvgIpc) is 3.15. The van der Waals surface area contributed by atoms with Gasteiger partial charge in [-0.05, 0) is 29.8 Å². The number of hydrogen-bond donors (Lipinski definition) is 1. The molecule has 0 amide bonds. The van der Waals surface area contributed by atoms with Crippen LogP contribution in [0.5, 0.6) is 0 Å². The predicted octanol–water partition coefficient (Wildman–Crippen LogP) is 2.73. The molecule has 2 aromatic rings. The molecular formula is C17H18BrNO3S. The highest BCUT2D eigenvalue weighted by Gasteiger charge is 2.69.